The first-order valence-corrected chi connectivity index (χ1v) is 6.49. The normalized spacial score (nSPS) is 11.4. The third-order valence-corrected chi connectivity index (χ3v) is 3.58. The van der Waals surface area contributed by atoms with E-state index in [2.05, 4.69) is 4.72 Å². The summed E-state index contributed by atoms with van der Waals surface area (Å²) < 4.78 is 25.9. The largest absolute Gasteiger partial charge is 0.478 e. The van der Waals surface area contributed by atoms with Crippen molar-refractivity contribution in [1.82, 2.24) is 4.72 Å². The van der Waals surface area contributed by atoms with E-state index in [1.54, 1.807) is 0 Å². The summed E-state index contributed by atoms with van der Waals surface area (Å²) in [5.74, 6) is -1.32. The fourth-order valence-corrected chi connectivity index (χ4v) is 2.57. The van der Waals surface area contributed by atoms with Crippen LogP contribution in [0.3, 0.4) is 0 Å². The average Bonchev–Trinajstić information content (AvgIpc) is 2.26. The van der Waals surface area contributed by atoms with Crippen molar-refractivity contribution in [2.24, 2.45) is 0 Å². The maximum atomic E-state index is 11.8. The zero-order chi connectivity index (χ0) is 13.1. The number of carbonyl (C=O) groups is 1. The molecule has 0 saturated carbocycles. The molecule has 0 atom stereocenters. The standard InChI is InChI=1S/C10H14N2O4S/c1-2-5-12-17(15,16)9-4-3-7(11)6-8(9)10(13)14/h3-4,6,12H,2,5,11H2,1H3,(H,13,14). The minimum Gasteiger partial charge on any atom is -0.478 e. The van der Waals surface area contributed by atoms with Gasteiger partial charge in [-0.05, 0) is 24.6 Å². The number of sulfonamides is 1. The van der Waals surface area contributed by atoms with Crippen LogP contribution in [0.5, 0.6) is 0 Å². The van der Waals surface area contributed by atoms with Crippen LogP contribution < -0.4 is 10.5 Å². The van der Waals surface area contributed by atoms with E-state index in [9.17, 15) is 13.2 Å². The lowest BCUT2D eigenvalue weighted by Crippen LogP contribution is -2.26. The van der Waals surface area contributed by atoms with Crippen molar-refractivity contribution in [3.63, 3.8) is 0 Å². The molecule has 0 aliphatic rings. The van der Waals surface area contributed by atoms with Gasteiger partial charge in [-0.3, -0.25) is 0 Å². The Balaban J connectivity index is 3.26. The van der Waals surface area contributed by atoms with Crippen LogP contribution in [0.25, 0.3) is 0 Å². The van der Waals surface area contributed by atoms with E-state index in [4.69, 9.17) is 10.8 Å². The van der Waals surface area contributed by atoms with Gasteiger partial charge in [0.1, 0.15) is 0 Å². The maximum Gasteiger partial charge on any atom is 0.337 e. The summed E-state index contributed by atoms with van der Waals surface area (Å²) in [5.41, 5.74) is 5.31. The molecule has 0 aliphatic carbocycles. The van der Waals surface area contributed by atoms with Crippen molar-refractivity contribution in [3.8, 4) is 0 Å². The first-order chi connectivity index (χ1) is 7.88. The molecule has 0 radical (unpaired) electrons. The van der Waals surface area contributed by atoms with Gasteiger partial charge in [0.05, 0.1) is 10.5 Å². The summed E-state index contributed by atoms with van der Waals surface area (Å²) in [4.78, 5) is 10.7. The summed E-state index contributed by atoms with van der Waals surface area (Å²) in [6, 6.07) is 3.67. The summed E-state index contributed by atoms with van der Waals surface area (Å²) in [6.45, 7) is 2.06. The van der Waals surface area contributed by atoms with E-state index in [0.717, 1.165) is 6.07 Å². The van der Waals surface area contributed by atoms with E-state index < -0.39 is 16.0 Å². The second kappa shape index (κ2) is 5.15. The Morgan fingerprint density at radius 2 is 2.12 bits per heavy atom. The molecular formula is C10H14N2O4S. The number of hydrogen-bond acceptors (Lipinski definition) is 4. The van der Waals surface area contributed by atoms with Crippen molar-refractivity contribution in [2.75, 3.05) is 12.3 Å². The van der Waals surface area contributed by atoms with Gasteiger partial charge in [0.15, 0.2) is 0 Å². The second-order valence-electron chi connectivity index (χ2n) is 3.46. The SMILES string of the molecule is CCCNS(=O)(=O)c1ccc(N)cc1C(=O)O. The van der Waals surface area contributed by atoms with Crippen molar-refractivity contribution in [3.05, 3.63) is 23.8 Å². The highest BCUT2D eigenvalue weighted by molar-refractivity contribution is 7.89. The number of rotatable bonds is 5. The Kier molecular flexibility index (Phi) is 4.08. The highest BCUT2D eigenvalue weighted by Crippen LogP contribution is 2.18. The lowest BCUT2D eigenvalue weighted by molar-refractivity contribution is 0.0692. The van der Waals surface area contributed by atoms with Crippen molar-refractivity contribution < 1.29 is 18.3 Å². The van der Waals surface area contributed by atoms with Gasteiger partial charge in [0, 0.05) is 12.2 Å². The van der Waals surface area contributed by atoms with E-state index >= 15 is 0 Å². The number of carboxylic acid groups (broad SMARTS) is 1. The summed E-state index contributed by atoms with van der Waals surface area (Å²) in [6.07, 6.45) is 0.622. The molecule has 0 aliphatic heterocycles. The molecule has 17 heavy (non-hydrogen) atoms. The third-order valence-electron chi connectivity index (χ3n) is 2.07. The molecule has 4 N–H and O–H groups in total. The topological polar surface area (TPSA) is 109 Å². The number of hydrogen-bond donors (Lipinski definition) is 3. The zero-order valence-corrected chi connectivity index (χ0v) is 10.1. The number of nitrogen functional groups attached to an aromatic ring is 1. The minimum absolute atomic E-state index is 0.205. The maximum absolute atomic E-state index is 11.8. The molecule has 0 bridgehead atoms. The van der Waals surface area contributed by atoms with Crippen LogP contribution in [0.1, 0.15) is 23.7 Å². The molecule has 0 heterocycles. The Hall–Kier alpha value is -1.60. The zero-order valence-electron chi connectivity index (χ0n) is 9.30. The van der Waals surface area contributed by atoms with Gasteiger partial charge >= 0.3 is 5.97 Å². The van der Waals surface area contributed by atoms with Crippen LogP contribution in [0.2, 0.25) is 0 Å². The summed E-state index contributed by atoms with van der Waals surface area (Å²) in [5, 5.41) is 8.93. The molecule has 0 fully saturated rings. The predicted molar refractivity (Wildman–Crippen MR) is 63.3 cm³/mol. The molecular weight excluding hydrogens is 244 g/mol. The van der Waals surface area contributed by atoms with E-state index in [1.165, 1.54) is 12.1 Å². The molecule has 94 valence electrons. The summed E-state index contributed by atoms with van der Waals surface area (Å²) >= 11 is 0. The molecule has 0 saturated heterocycles. The van der Waals surface area contributed by atoms with Gasteiger partial charge < -0.3 is 10.8 Å². The van der Waals surface area contributed by atoms with Gasteiger partial charge in [-0.2, -0.15) is 0 Å². The monoisotopic (exact) mass is 258 g/mol. The molecule has 1 aromatic carbocycles. The van der Waals surface area contributed by atoms with Crippen molar-refractivity contribution in [2.45, 2.75) is 18.2 Å². The Morgan fingerprint density at radius 3 is 2.65 bits per heavy atom. The van der Waals surface area contributed by atoms with Crippen LogP contribution in [0.15, 0.2) is 23.1 Å². The predicted octanol–water partition coefficient (Wildman–Crippen LogP) is 0.655. The Bertz CT molecular complexity index is 525. The number of anilines is 1. The van der Waals surface area contributed by atoms with Crippen LogP contribution in [-0.4, -0.2) is 26.0 Å². The lowest BCUT2D eigenvalue weighted by atomic mass is 10.2. The molecule has 6 nitrogen and oxygen atoms in total. The summed E-state index contributed by atoms with van der Waals surface area (Å²) in [7, 11) is -3.80. The smallest absolute Gasteiger partial charge is 0.337 e. The highest BCUT2D eigenvalue weighted by atomic mass is 32.2. The van der Waals surface area contributed by atoms with Gasteiger partial charge in [-0.25, -0.2) is 17.9 Å². The van der Waals surface area contributed by atoms with Crippen molar-refractivity contribution >= 4 is 21.7 Å². The van der Waals surface area contributed by atoms with E-state index in [-0.39, 0.29) is 22.7 Å². The molecule has 1 aromatic rings. The molecule has 1 rings (SSSR count). The van der Waals surface area contributed by atoms with E-state index in [1.807, 2.05) is 6.92 Å². The third kappa shape index (κ3) is 3.18. The molecule has 0 spiro atoms. The van der Waals surface area contributed by atoms with Gasteiger partial charge in [0.2, 0.25) is 10.0 Å². The van der Waals surface area contributed by atoms with Crippen LogP contribution >= 0.6 is 0 Å². The first-order valence-electron chi connectivity index (χ1n) is 5.01. The Morgan fingerprint density at radius 1 is 1.47 bits per heavy atom. The van der Waals surface area contributed by atoms with Crippen LogP contribution in [-0.2, 0) is 10.0 Å². The fourth-order valence-electron chi connectivity index (χ4n) is 1.26. The molecule has 0 aromatic heterocycles. The van der Waals surface area contributed by atoms with Crippen molar-refractivity contribution in [1.29, 1.82) is 0 Å². The van der Waals surface area contributed by atoms with Gasteiger partial charge in [-0.1, -0.05) is 6.92 Å². The Labute approximate surface area is 99.5 Å². The minimum atomic E-state index is -3.80. The number of nitrogens with one attached hydrogen (secondary N) is 1. The number of benzene rings is 1. The van der Waals surface area contributed by atoms with Crippen LogP contribution in [0.4, 0.5) is 5.69 Å². The molecule has 7 heteroatoms. The number of nitrogens with two attached hydrogens (primary N) is 1. The molecule has 0 amide bonds. The van der Waals surface area contributed by atoms with Gasteiger partial charge in [-0.15, -0.1) is 0 Å². The average molecular weight is 258 g/mol. The molecule has 0 unspecified atom stereocenters. The quantitative estimate of drug-likeness (QED) is 0.672. The van der Waals surface area contributed by atoms with Gasteiger partial charge in [0.25, 0.3) is 0 Å². The first kappa shape index (κ1) is 13.5. The number of aromatic carboxylic acids is 1. The fraction of sp³-hybridized carbons (Fsp3) is 0.300. The van der Waals surface area contributed by atoms with Crippen LogP contribution in [0, 0.1) is 0 Å². The lowest BCUT2D eigenvalue weighted by Gasteiger charge is -2.09. The number of carboxylic acids is 1. The highest BCUT2D eigenvalue weighted by Gasteiger charge is 2.21. The van der Waals surface area contributed by atoms with E-state index in [0.29, 0.717) is 6.42 Å². The second-order valence-corrected chi connectivity index (χ2v) is 5.19.